The first-order valence-electron chi connectivity index (χ1n) is 7.44. The SMILES string of the molecule is CN(C)C(=O)CN1CC[C@@H](NC(=O)c2ncccc2O)[C@H](O)C1. The van der Waals surface area contributed by atoms with Gasteiger partial charge in [0.15, 0.2) is 5.69 Å². The fourth-order valence-corrected chi connectivity index (χ4v) is 2.45. The largest absolute Gasteiger partial charge is 0.505 e. The van der Waals surface area contributed by atoms with E-state index in [1.165, 1.54) is 23.2 Å². The van der Waals surface area contributed by atoms with Gasteiger partial charge in [0, 0.05) is 33.4 Å². The van der Waals surface area contributed by atoms with Crippen LogP contribution in [0.25, 0.3) is 0 Å². The van der Waals surface area contributed by atoms with Crippen LogP contribution in [0, 0.1) is 0 Å². The minimum atomic E-state index is -0.784. The fourth-order valence-electron chi connectivity index (χ4n) is 2.45. The highest BCUT2D eigenvalue weighted by Crippen LogP contribution is 2.15. The van der Waals surface area contributed by atoms with Crippen molar-refractivity contribution in [3.05, 3.63) is 24.0 Å². The number of carbonyl (C=O) groups is 2. The molecule has 1 fully saturated rings. The average Bonchev–Trinajstić information content (AvgIpc) is 2.50. The number of nitrogens with zero attached hydrogens (tertiary/aromatic N) is 3. The zero-order valence-electron chi connectivity index (χ0n) is 13.3. The molecule has 0 unspecified atom stereocenters. The molecule has 8 nitrogen and oxygen atoms in total. The summed E-state index contributed by atoms with van der Waals surface area (Å²) >= 11 is 0. The molecule has 1 saturated heterocycles. The van der Waals surface area contributed by atoms with E-state index >= 15 is 0 Å². The van der Waals surface area contributed by atoms with Crippen LogP contribution in [0.2, 0.25) is 0 Å². The summed E-state index contributed by atoms with van der Waals surface area (Å²) in [4.78, 5) is 31.0. The summed E-state index contributed by atoms with van der Waals surface area (Å²) in [5.74, 6) is -0.753. The predicted octanol–water partition coefficient (Wildman–Crippen LogP) is -0.960. The van der Waals surface area contributed by atoms with Crippen LogP contribution >= 0.6 is 0 Å². The van der Waals surface area contributed by atoms with Gasteiger partial charge in [0.05, 0.1) is 18.7 Å². The van der Waals surface area contributed by atoms with Gasteiger partial charge in [-0.15, -0.1) is 0 Å². The number of hydrogen-bond acceptors (Lipinski definition) is 6. The topological polar surface area (TPSA) is 106 Å². The number of hydrogen-bond donors (Lipinski definition) is 3. The molecular weight excluding hydrogens is 300 g/mol. The number of likely N-dealkylation sites (tertiary alicyclic amines) is 1. The second-order valence-electron chi connectivity index (χ2n) is 5.83. The van der Waals surface area contributed by atoms with Crippen molar-refractivity contribution in [2.45, 2.75) is 18.6 Å². The lowest BCUT2D eigenvalue weighted by atomic mass is 10.0. The van der Waals surface area contributed by atoms with Gasteiger partial charge in [-0.2, -0.15) is 0 Å². The van der Waals surface area contributed by atoms with Gasteiger partial charge >= 0.3 is 0 Å². The zero-order chi connectivity index (χ0) is 17.0. The second kappa shape index (κ2) is 7.38. The molecule has 8 heteroatoms. The van der Waals surface area contributed by atoms with Crippen LogP contribution in [0.4, 0.5) is 0 Å². The van der Waals surface area contributed by atoms with Crippen molar-refractivity contribution < 1.29 is 19.8 Å². The second-order valence-corrected chi connectivity index (χ2v) is 5.83. The molecular formula is C15H22N4O4. The Bertz CT molecular complexity index is 578. The van der Waals surface area contributed by atoms with Crippen LogP contribution < -0.4 is 5.32 Å². The normalized spacial score (nSPS) is 21.7. The number of nitrogens with one attached hydrogen (secondary N) is 1. The molecule has 0 aliphatic carbocycles. The first kappa shape index (κ1) is 17.2. The van der Waals surface area contributed by atoms with Crippen molar-refractivity contribution in [3.63, 3.8) is 0 Å². The van der Waals surface area contributed by atoms with E-state index in [1.54, 1.807) is 14.1 Å². The van der Waals surface area contributed by atoms with Gasteiger partial charge in [0.25, 0.3) is 5.91 Å². The molecule has 2 atom stereocenters. The maximum Gasteiger partial charge on any atom is 0.274 e. The van der Waals surface area contributed by atoms with E-state index in [0.717, 1.165) is 0 Å². The van der Waals surface area contributed by atoms with Crippen molar-refractivity contribution >= 4 is 11.8 Å². The monoisotopic (exact) mass is 322 g/mol. The molecule has 0 aromatic carbocycles. The minimum Gasteiger partial charge on any atom is -0.505 e. The Hall–Kier alpha value is -2.19. The Morgan fingerprint density at radius 3 is 2.83 bits per heavy atom. The Morgan fingerprint density at radius 2 is 2.22 bits per heavy atom. The van der Waals surface area contributed by atoms with Crippen LogP contribution in [-0.4, -0.2) is 82.7 Å². The van der Waals surface area contributed by atoms with Crippen LogP contribution in [0.1, 0.15) is 16.9 Å². The number of likely N-dealkylation sites (N-methyl/N-ethyl adjacent to an activating group) is 1. The Kier molecular flexibility index (Phi) is 5.51. The maximum atomic E-state index is 12.1. The Labute approximate surface area is 134 Å². The number of carbonyl (C=O) groups excluding carboxylic acids is 2. The van der Waals surface area contributed by atoms with E-state index in [1.807, 2.05) is 4.90 Å². The average molecular weight is 322 g/mol. The van der Waals surface area contributed by atoms with Crippen molar-refractivity contribution in [1.82, 2.24) is 20.1 Å². The van der Waals surface area contributed by atoms with Crippen molar-refractivity contribution in [1.29, 1.82) is 0 Å². The molecule has 0 spiro atoms. The van der Waals surface area contributed by atoms with E-state index in [0.29, 0.717) is 19.5 Å². The number of aromatic hydroxyl groups is 1. The molecule has 126 valence electrons. The number of amides is 2. The van der Waals surface area contributed by atoms with Crippen LogP contribution in [-0.2, 0) is 4.79 Å². The summed E-state index contributed by atoms with van der Waals surface area (Å²) in [6, 6.07) is 2.48. The Morgan fingerprint density at radius 1 is 1.48 bits per heavy atom. The molecule has 1 aromatic heterocycles. The lowest BCUT2D eigenvalue weighted by Gasteiger charge is -2.36. The smallest absolute Gasteiger partial charge is 0.274 e. The maximum absolute atomic E-state index is 12.1. The van der Waals surface area contributed by atoms with E-state index in [4.69, 9.17) is 0 Å². The lowest BCUT2D eigenvalue weighted by molar-refractivity contribution is -0.130. The summed E-state index contributed by atoms with van der Waals surface area (Å²) in [7, 11) is 3.37. The van der Waals surface area contributed by atoms with E-state index in [-0.39, 0.29) is 23.9 Å². The van der Waals surface area contributed by atoms with E-state index in [2.05, 4.69) is 10.3 Å². The summed E-state index contributed by atoms with van der Waals surface area (Å²) in [5.41, 5.74) is -0.0649. The highest BCUT2D eigenvalue weighted by Gasteiger charge is 2.30. The van der Waals surface area contributed by atoms with Crippen molar-refractivity contribution in [2.24, 2.45) is 0 Å². The van der Waals surface area contributed by atoms with Gasteiger partial charge < -0.3 is 20.4 Å². The number of β-amino-alcohol motifs (C(OH)–C–C–N with tert-alkyl or cyclic N) is 1. The van der Waals surface area contributed by atoms with Gasteiger partial charge in [-0.25, -0.2) is 4.98 Å². The van der Waals surface area contributed by atoms with Crippen molar-refractivity contribution in [2.75, 3.05) is 33.7 Å². The van der Waals surface area contributed by atoms with Crippen LogP contribution in [0.3, 0.4) is 0 Å². The van der Waals surface area contributed by atoms with Gasteiger partial charge in [-0.05, 0) is 18.6 Å². The molecule has 2 amide bonds. The molecule has 23 heavy (non-hydrogen) atoms. The number of piperidine rings is 1. The summed E-state index contributed by atoms with van der Waals surface area (Å²) in [6.45, 7) is 1.14. The van der Waals surface area contributed by atoms with Gasteiger partial charge in [0.1, 0.15) is 5.75 Å². The zero-order valence-corrected chi connectivity index (χ0v) is 13.3. The van der Waals surface area contributed by atoms with Gasteiger partial charge in [-0.3, -0.25) is 14.5 Å². The quantitative estimate of drug-likeness (QED) is 0.659. The Balaban J connectivity index is 1.90. The molecule has 1 aliphatic rings. The van der Waals surface area contributed by atoms with Crippen LogP contribution in [0.15, 0.2) is 18.3 Å². The lowest BCUT2D eigenvalue weighted by Crippen LogP contribution is -2.55. The highest BCUT2D eigenvalue weighted by molar-refractivity contribution is 5.94. The van der Waals surface area contributed by atoms with Gasteiger partial charge in [0.2, 0.25) is 5.91 Å². The third-order valence-corrected chi connectivity index (χ3v) is 3.84. The number of rotatable bonds is 4. The molecule has 0 bridgehead atoms. The van der Waals surface area contributed by atoms with E-state index < -0.39 is 18.1 Å². The third kappa shape index (κ3) is 4.40. The first-order chi connectivity index (χ1) is 10.9. The first-order valence-corrected chi connectivity index (χ1v) is 7.44. The number of aliphatic hydroxyl groups excluding tert-OH is 1. The molecule has 2 rings (SSSR count). The van der Waals surface area contributed by atoms with Gasteiger partial charge in [-0.1, -0.05) is 0 Å². The summed E-state index contributed by atoms with van der Waals surface area (Å²) in [5, 5.41) is 22.5. The third-order valence-electron chi connectivity index (χ3n) is 3.84. The number of pyridine rings is 1. The van der Waals surface area contributed by atoms with E-state index in [9.17, 15) is 19.8 Å². The standard InChI is InChI=1S/C15H22N4O4/c1-18(2)13(22)9-19-7-5-10(12(21)8-19)17-15(23)14-11(20)4-3-6-16-14/h3-4,6,10,12,20-21H,5,7-9H2,1-2H3,(H,17,23)/t10-,12-/m1/s1. The number of aromatic nitrogens is 1. The number of aliphatic hydroxyl groups is 1. The predicted molar refractivity (Wildman–Crippen MR) is 82.9 cm³/mol. The van der Waals surface area contributed by atoms with Crippen LogP contribution in [0.5, 0.6) is 5.75 Å². The molecule has 0 radical (unpaired) electrons. The molecule has 1 aromatic rings. The highest BCUT2D eigenvalue weighted by atomic mass is 16.3. The molecule has 0 saturated carbocycles. The summed E-state index contributed by atoms with van der Waals surface area (Å²) in [6.07, 6.45) is 1.15. The molecule has 1 aliphatic heterocycles. The summed E-state index contributed by atoms with van der Waals surface area (Å²) < 4.78 is 0. The van der Waals surface area contributed by atoms with Crippen molar-refractivity contribution in [3.8, 4) is 5.75 Å². The molecule has 2 heterocycles. The minimum absolute atomic E-state index is 0.0295. The molecule has 3 N–H and O–H groups in total. The fraction of sp³-hybridized carbons (Fsp3) is 0.533.